The number of fused-ring (bicyclic) bond motifs is 1. The molecule has 1 atom stereocenters. The Morgan fingerprint density at radius 3 is 2.69 bits per heavy atom. The predicted molar refractivity (Wildman–Crippen MR) is 139 cm³/mol. The van der Waals surface area contributed by atoms with E-state index in [9.17, 15) is 4.79 Å². The average Bonchev–Trinajstić information content (AvgIpc) is 3.27. The van der Waals surface area contributed by atoms with Gasteiger partial charge in [0.2, 0.25) is 17.6 Å². The van der Waals surface area contributed by atoms with Crippen LogP contribution in [0.1, 0.15) is 56.2 Å². The van der Waals surface area contributed by atoms with E-state index in [1.807, 2.05) is 12.1 Å². The van der Waals surface area contributed by atoms with Crippen LogP contribution in [0.15, 0.2) is 40.9 Å². The molecule has 1 fully saturated rings. The standard InChI is InChI=1S/C27H30Cl2N4O3/c1-16-4-7-23-20(12-16)22(14-27(2,3)35-23)30-26(34)17-8-10-33(11-9-17)15-24-31-25(32-36-24)19-6-5-18(28)13-21(19)29/h4-7,12-13,17,22H,8-11,14-15H2,1-3H3,(H,30,34). The van der Waals surface area contributed by atoms with Gasteiger partial charge in [0.15, 0.2) is 0 Å². The third kappa shape index (κ3) is 5.53. The summed E-state index contributed by atoms with van der Waals surface area (Å²) in [6.07, 6.45) is 2.30. The van der Waals surface area contributed by atoms with Crippen LogP contribution in [0.25, 0.3) is 11.4 Å². The van der Waals surface area contributed by atoms with Gasteiger partial charge in [0.1, 0.15) is 11.4 Å². The highest BCUT2D eigenvalue weighted by Gasteiger charge is 2.36. The largest absolute Gasteiger partial charge is 0.487 e. The van der Waals surface area contributed by atoms with E-state index in [-0.39, 0.29) is 23.5 Å². The highest BCUT2D eigenvalue weighted by atomic mass is 35.5. The van der Waals surface area contributed by atoms with Crippen LogP contribution in [-0.2, 0) is 11.3 Å². The Balaban J connectivity index is 1.17. The van der Waals surface area contributed by atoms with Crippen molar-refractivity contribution in [2.24, 2.45) is 5.92 Å². The lowest BCUT2D eigenvalue weighted by atomic mass is 9.88. The number of amides is 1. The SMILES string of the molecule is Cc1ccc2c(c1)C(NC(=O)C1CCN(Cc3nc(-c4ccc(Cl)cc4Cl)no3)CC1)CC(C)(C)O2. The van der Waals surface area contributed by atoms with E-state index in [0.717, 1.165) is 49.2 Å². The van der Waals surface area contributed by atoms with Gasteiger partial charge < -0.3 is 14.6 Å². The molecule has 36 heavy (non-hydrogen) atoms. The zero-order valence-corrected chi connectivity index (χ0v) is 22.2. The summed E-state index contributed by atoms with van der Waals surface area (Å²) in [5, 5.41) is 8.43. The van der Waals surface area contributed by atoms with Gasteiger partial charge in [-0.25, -0.2) is 0 Å². The second-order valence-electron chi connectivity index (χ2n) is 10.4. The van der Waals surface area contributed by atoms with Gasteiger partial charge in [0.25, 0.3) is 0 Å². The number of hydrogen-bond acceptors (Lipinski definition) is 6. The first-order valence-electron chi connectivity index (χ1n) is 12.3. The summed E-state index contributed by atoms with van der Waals surface area (Å²) in [6.45, 7) is 8.30. The number of piperidine rings is 1. The first-order valence-corrected chi connectivity index (χ1v) is 13.0. The van der Waals surface area contributed by atoms with Crippen LogP contribution in [0.2, 0.25) is 10.0 Å². The first-order chi connectivity index (χ1) is 17.2. The molecule has 1 N–H and O–H groups in total. The second-order valence-corrected chi connectivity index (χ2v) is 11.2. The number of carbonyl (C=O) groups excluding carboxylic acids is 1. The highest BCUT2D eigenvalue weighted by molar-refractivity contribution is 6.36. The monoisotopic (exact) mass is 528 g/mol. The van der Waals surface area contributed by atoms with E-state index in [2.05, 4.69) is 47.2 Å². The molecular formula is C27H30Cl2N4O3. The number of nitrogens with one attached hydrogen (secondary N) is 1. The molecule has 1 unspecified atom stereocenters. The third-order valence-corrected chi connectivity index (χ3v) is 7.44. The summed E-state index contributed by atoms with van der Waals surface area (Å²) < 4.78 is 11.6. The van der Waals surface area contributed by atoms with E-state index in [0.29, 0.717) is 33.9 Å². The Morgan fingerprint density at radius 2 is 1.94 bits per heavy atom. The van der Waals surface area contributed by atoms with Gasteiger partial charge >= 0.3 is 0 Å². The molecule has 9 heteroatoms. The van der Waals surface area contributed by atoms with Crippen molar-refractivity contribution >= 4 is 29.1 Å². The lowest BCUT2D eigenvalue weighted by molar-refractivity contribution is -0.127. The van der Waals surface area contributed by atoms with Gasteiger partial charge in [0, 0.05) is 28.5 Å². The smallest absolute Gasteiger partial charge is 0.241 e. The molecule has 0 radical (unpaired) electrons. The zero-order valence-electron chi connectivity index (χ0n) is 20.7. The van der Waals surface area contributed by atoms with Gasteiger partial charge in [-0.3, -0.25) is 9.69 Å². The molecule has 0 aliphatic carbocycles. The van der Waals surface area contributed by atoms with Crippen molar-refractivity contribution in [1.29, 1.82) is 0 Å². The summed E-state index contributed by atoms with van der Waals surface area (Å²) in [5.74, 6) is 1.91. The van der Waals surface area contributed by atoms with E-state index >= 15 is 0 Å². The topological polar surface area (TPSA) is 80.5 Å². The van der Waals surface area contributed by atoms with Crippen molar-refractivity contribution < 1.29 is 14.1 Å². The van der Waals surface area contributed by atoms with Crippen molar-refractivity contribution in [3.63, 3.8) is 0 Å². The fourth-order valence-electron chi connectivity index (χ4n) is 5.04. The number of ether oxygens (including phenoxy) is 1. The summed E-state index contributed by atoms with van der Waals surface area (Å²) in [4.78, 5) is 20.0. The van der Waals surface area contributed by atoms with Gasteiger partial charge in [-0.05, 0) is 71.0 Å². The number of aryl methyl sites for hydroxylation is 1. The molecule has 0 spiro atoms. The number of likely N-dealkylation sites (tertiary alicyclic amines) is 1. The molecule has 2 aliphatic heterocycles. The van der Waals surface area contributed by atoms with Gasteiger partial charge in [-0.2, -0.15) is 4.98 Å². The van der Waals surface area contributed by atoms with Crippen molar-refractivity contribution in [1.82, 2.24) is 20.4 Å². The number of benzene rings is 2. The lowest BCUT2D eigenvalue weighted by Crippen LogP contribution is -2.45. The van der Waals surface area contributed by atoms with Crippen molar-refractivity contribution in [3.05, 3.63) is 63.5 Å². The van der Waals surface area contributed by atoms with Crippen LogP contribution in [0, 0.1) is 12.8 Å². The molecule has 1 amide bonds. The molecule has 0 saturated carbocycles. The van der Waals surface area contributed by atoms with Crippen LogP contribution >= 0.6 is 23.2 Å². The molecule has 3 heterocycles. The number of nitrogens with zero attached hydrogens (tertiary/aromatic N) is 3. The fourth-order valence-corrected chi connectivity index (χ4v) is 5.53. The Kier molecular flexibility index (Phi) is 6.99. The van der Waals surface area contributed by atoms with Gasteiger partial charge in [-0.15, -0.1) is 0 Å². The number of halogens is 2. The summed E-state index contributed by atoms with van der Waals surface area (Å²) in [5.41, 5.74) is 2.57. The maximum atomic E-state index is 13.2. The summed E-state index contributed by atoms with van der Waals surface area (Å²) >= 11 is 12.2. The van der Waals surface area contributed by atoms with Crippen LogP contribution in [0.4, 0.5) is 0 Å². The third-order valence-electron chi connectivity index (χ3n) is 6.90. The molecule has 0 bridgehead atoms. The molecular weight excluding hydrogens is 499 g/mol. The van der Waals surface area contributed by atoms with Crippen molar-refractivity contribution in [2.75, 3.05) is 13.1 Å². The molecule has 7 nitrogen and oxygen atoms in total. The Bertz CT molecular complexity index is 1270. The minimum absolute atomic E-state index is 0.0217. The Hall–Kier alpha value is -2.61. The van der Waals surface area contributed by atoms with E-state index in [1.54, 1.807) is 18.2 Å². The predicted octanol–water partition coefficient (Wildman–Crippen LogP) is 5.98. The fraction of sp³-hybridized carbons (Fsp3) is 0.444. The van der Waals surface area contributed by atoms with E-state index in [4.69, 9.17) is 32.5 Å². The average molecular weight is 529 g/mol. The van der Waals surface area contributed by atoms with Crippen LogP contribution in [-0.4, -0.2) is 39.6 Å². The lowest BCUT2D eigenvalue weighted by Gasteiger charge is -2.39. The van der Waals surface area contributed by atoms with Crippen LogP contribution < -0.4 is 10.1 Å². The summed E-state index contributed by atoms with van der Waals surface area (Å²) in [7, 11) is 0. The molecule has 1 saturated heterocycles. The number of hydrogen-bond donors (Lipinski definition) is 1. The maximum Gasteiger partial charge on any atom is 0.241 e. The number of rotatable bonds is 5. The Morgan fingerprint density at radius 1 is 1.17 bits per heavy atom. The Labute approximate surface area is 221 Å². The van der Waals surface area contributed by atoms with Crippen molar-refractivity contribution in [3.8, 4) is 17.1 Å². The molecule has 5 rings (SSSR count). The quantitative estimate of drug-likeness (QED) is 0.438. The summed E-state index contributed by atoms with van der Waals surface area (Å²) in [6, 6.07) is 11.3. The van der Waals surface area contributed by atoms with E-state index < -0.39 is 0 Å². The zero-order chi connectivity index (χ0) is 25.4. The molecule has 3 aromatic rings. The van der Waals surface area contributed by atoms with Crippen LogP contribution in [0.3, 0.4) is 0 Å². The maximum absolute atomic E-state index is 13.2. The molecule has 2 aliphatic rings. The van der Waals surface area contributed by atoms with Crippen LogP contribution in [0.5, 0.6) is 5.75 Å². The molecule has 1 aromatic heterocycles. The first kappa shape index (κ1) is 25.1. The van der Waals surface area contributed by atoms with E-state index in [1.165, 1.54) is 0 Å². The normalized spacial score (nSPS) is 20.0. The molecule has 2 aromatic carbocycles. The minimum Gasteiger partial charge on any atom is -0.487 e. The van der Waals surface area contributed by atoms with Gasteiger partial charge in [-0.1, -0.05) is 46.1 Å². The number of aromatic nitrogens is 2. The molecule has 190 valence electrons. The minimum atomic E-state index is -0.331. The van der Waals surface area contributed by atoms with Gasteiger partial charge in [0.05, 0.1) is 17.6 Å². The highest BCUT2D eigenvalue weighted by Crippen LogP contribution is 2.40. The van der Waals surface area contributed by atoms with Crippen molar-refractivity contribution in [2.45, 2.75) is 58.2 Å². The second kappa shape index (κ2) is 10.0. The number of carbonyl (C=O) groups is 1.